The third kappa shape index (κ3) is 3.34. The van der Waals surface area contributed by atoms with Gasteiger partial charge in [0.25, 0.3) is 0 Å². The molecule has 2 aliphatic rings. The second kappa shape index (κ2) is 6.92. The molecule has 0 unspecified atom stereocenters. The highest BCUT2D eigenvalue weighted by Crippen LogP contribution is 2.39. The number of carboxylic acid groups (broad SMARTS) is 1. The summed E-state index contributed by atoms with van der Waals surface area (Å²) in [7, 11) is 0. The maximum Gasteiger partial charge on any atom is 0.412 e. The summed E-state index contributed by atoms with van der Waals surface area (Å²) in [5.74, 6) is 0.592. The van der Waals surface area contributed by atoms with Crippen LogP contribution >= 0.6 is 0 Å². The third-order valence-corrected chi connectivity index (χ3v) is 5.19. The lowest BCUT2D eigenvalue weighted by atomic mass is 10.0. The molecule has 3 heterocycles. The molecule has 1 N–H and O–H groups in total. The summed E-state index contributed by atoms with van der Waals surface area (Å²) in [5, 5.41) is 14.1. The van der Waals surface area contributed by atoms with Gasteiger partial charge in [0.15, 0.2) is 5.82 Å². The molecule has 2 aromatic rings. The van der Waals surface area contributed by atoms with E-state index in [1.807, 2.05) is 31.6 Å². The number of nitrogens with zero attached hydrogens (tertiary/aromatic N) is 5. The number of pyridine rings is 1. The minimum Gasteiger partial charge on any atom is -0.465 e. The van der Waals surface area contributed by atoms with Crippen molar-refractivity contribution in [2.75, 3.05) is 16.3 Å². The number of aromatic nitrogens is 3. The Labute approximate surface area is 163 Å². The van der Waals surface area contributed by atoms with Crippen molar-refractivity contribution in [1.29, 1.82) is 0 Å². The van der Waals surface area contributed by atoms with E-state index < -0.39 is 6.09 Å². The first kappa shape index (κ1) is 18.5. The molecule has 1 aliphatic heterocycles. The molecule has 8 nitrogen and oxygen atoms in total. The van der Waals surface area contributed by atoms with Gasteiger partial charge in [-0.3, -0.25) is 19.3 Å². The van der Waals surface area contributed by atoms with E-state index in [1.54, 1.807) is 23.4 Å². The van der Waals surface area contributed by atoms with E-state index >= 15 is 0 Å². The van der Waals surface area contributed by atoms with Gasteiger partial charge >= 0.3 is 6.09 Å². The lowest BCUT2D eigenvalue weighted by molar-refractivity contribution is -0.119. The molecule has 8 heteroatoms. The van der Waals surface area contributed by atoms with Crippen LogP contribution in [0.4, 0.5) is 16.3 Å². The second-order valence-electron chi connectivity index (χ2n) is 8.11. The van der Waals surface area contributed by atoms with E-state index in [0.29, 0.717) is 24.0 Å². The summed E-state index contributed by atoms with van der Waals surface area (Å²) in [5.41, 5.74) is 2.13. The van der Waals surface area contributed by atoms with Crippen molar-refractivity contribution >= 4 is 23.5 Å². The van der Waals surface area contributed by atoms with Gasteiger partial charge in [-0.2, -0.15) is 5.10 Å². The van der Waals surface area contributed by atoms with Crippen molar-refractivity contribution in [3.63, 3.8) is 0 Å². The first-order valence-electron chi connectivity index (χ1n) is 9.72. The van der Waals surface area contributed by atoms with Crippen molar-refractivity contribution < 1.29 is 14.7 Å². The Morgan fingerprint density at radius 1 is 1.25 bits per heavy atom. The van der Waals surface area contributed by atoms with Crippen molar-refractivity contribution in [1.82, 2.24) is 14.8 Å². The van der Waals surface area contributed by atoms with E-state index in [9.17, 15) is 14.7 Å². The summed E-state index contributed by atoms with van der Waals surface area (Å²) in [4.78, 5) is 32.1. The van der Waals surface area contributed by atoms with Crippen LogP contribution in [-0.2, 0) is 4.79 Å². The molecular weight excluding hydrogens is 358 g/mol. The standard InChI is InChI=1S/C20H25N5O3/c1-12(2)6-18(26)25-13(3)10-23(20(27)28)17-7-14(8-21-19(17)25)15-9-22-24(11-15)16-4-5-16/h7-9,11-13,16H,4-6,10H2,1-3H3,(H,27,28)/t13-/m0/s1. The van der Waals surface area contributed by atoms with Gasteiger partial charge in [-0.15, -0.1) is 0 Å². The monoisotopic (exact) mass is 383 g/mol. The van der Waals surface area contributed by atoms with E-state index in [4.69, 9.17) is 0 Å². The summed E-state index contributed by atoms with van der Waals surface area (Å²) < 4.78 is 1.95. The molecule has 28 heavy (non-hydrogen) atoms. The van der Waals surface area contributed by atoms with Crippen LogP contribution in [0.2, 0.25) is 0 Å². The highest BCUT2D eigenvalue weighted by molar-refractivity contribution is 6.02. The van der Waals surface area contributed by atoms with Crippen LogP contribution in [0.25, 0.3) is 11.1 Å². The Morgan fingerprint density at radius 3 is 2.64 bits per heavy atom. The maximum absolute atomic E-state index is 12.8. The summed E-state index contributed by atoms with van der Waals surface area (Å²) in [6.07, 6.45) is 7.08. The number of fused-ring (bicyclic) bond motifs is 1. The van der Waals surface area contributed by atoms with Crippen LogP contribution in [0, 0.1) is 5.92 Å². The summed E-state index contributed by atoms with van der Waals surface area (Å²) in [6, 6.07) is 2.00. The Morgan fingerprint density at radius 2 is 2.00 bits per heavy atom. The molecule has 1 aliphatic carbocycles. The van der Waals surface area contributed by atoms with E-state index in [0.717, 1.165) is 24.0 Å². The summed E-state index contributed by atoms with van der Waals surface area (Å²) >= 11 is 0. The predicted molar refractivity (Wildman–Crippen MR) is 106 cm³/mol. The molecule has 1 fully saturated rings. The fourth-order valence-corrected chi connectivity index (χ4v) is 3.66. The predicted octanol–water partition coefficient (Wildman–Crippen LogP) is 3.55. The van der Waals surface area contributed by atoms with Gasteiger partial charge in [-0.05, 0) is 31.7 Å². The lowest BCUT2D eigenvalue weighted by Crippen LogP contribution is -2.52. The molecule has 0 aromatic carbocycles. The lowest BCUT2D eigenvalue weighted by Gasteiger charge is -2.39. The number of hydrogen-bond donors (Lipinski definition) is 1. The van der Waals surface area contributed by atoms with Crippen molar-refractivity contribution in [3.05, 3.63) is 24.7 Å². The van der Waals surface area contributed by atoms with Crippen molar-refractivity contribution in [2.24, 2.45) is 5.92 Å². The van der Waals surface area contributed by atoms with Gasteiger partial charge < -0.3 is 5.11 Å². The zero-order valence-electron chi connectivity index (χ0n) is 16.4. The van der Waals surface area contributed by atoms with Gasteiger partial charge in [0.1, 0.15) is 0 Å². The summed E-state index contributed by atoms with van der Waals surface area (Å²) in [6.45, 7) is 6.06. The minimum absolute atomic E-state index is 0.0319. The SMILES string of the molecule is CC(C)CC(=O)N1c2ncc(-c3cnn(C4CC4)c3)cc2N(C(=O)O)C[C@@H]1C. The number of amides is 2. The number of carbonyl (C=O) groups is 2. The number of carbonyl (C=O) groups excluding carboxylic acids is 1. The maximum atomic E-state index is 12.8. The second-order valence-corrected chi connectivity index (χ2v) is 8.11. The average Bonchev–Trinajstić information content (AvgIpc) is 3.36. The zero-order valence-corrected chi connectivity index (χ0v) is 16.4. The first-order valence-corrected chi connectivity index (χ1v) is 9.72. The molecule has 2 aromatic heterocycles. The Bertz CT molecular complexity index is 918. The van der Waals surface area contributed by atoms with Crippen LogP contribution in [0.15, 0.2) is 24.7 Å². The third-order valence-electron chi connectivity index (χ3n) is 5.19. The number of hydrogen-bond acceptors (Lipinski definition) is 4. The molecule has 0 spiro atoms. The van der Waals surface area contributed by atoms with Gasteiger partial charge in [0.05, 0.1) is 30.5 Å². The van der Waals surface area contributed by atoms with Crippen LogP contribution < -0.4 is 9.80 Å². The highest BCUT2D eigenvalue weighted by Gasteiger charge is 2.36. The molecule has 1 saturated carbocycles. The molecule has 148 valence electrons. The quantitative estimate of drug-likeness (QED) is 0.872. The number of rotatable bonds is 4. The Hall–Kier alpha value is -2.90. The number of anilines is 2. The van der Waals surface area contributed by atoms with E-state index in [2.05, 4.69) is 10.1 Å². The van der Waals surface area contributed by atoms with E-state index in [1.165, 1.54) is 4.90 Å². The van der Waals surface area contributed by atoms with Gasteiger partial charge in [0.2, 0.25) is 5.91 Å². The largest absolute Gasteiger partial charge is 0.465 e. The molecule has 0 bridgehead atoms. The molecule has 1 atom stereocenters. The van der Waals surface area contributed by atoms with E-state index in [-0.39, 0.29) is 24.4 Å². The van der Waals surface area contributed by atoms with Gasteiger partial charge in [-0.1, -0.05) is 13.8 Å². The molecular formula is C20H25N5O3. The fourth-order valence-electron chi connectivity index (χ4n) is 3.66. The van der Waals surface area contributed by atoms with Crippen molar-refractivity contribution in [3.8, 4) is 11.1 Å². The smallest absolute Gasteiger partial charge is 0.412 e. The van der Waals surface area contributed by atoms with Crippen LogP contribution in [0.3, 0.4) is 0 Å². The molecule has 2 amide bonds. The Balaban J connectivity index is 1.74. The molecule has 4 rings (SSSR count). The highest BCUT2D eigenvalue weighted by atomic mass is 16.4. The Kier molecular flexibility index (Phi) is 4.56. The van der Waals surface area contributed by atoms with Crippen LogP contribution in [0.5, 0.6) is 0 Å². The van der Waals surface area contributed by atoms with Gasteiger partial charge in [0, 0.05) is 29.9 Å². The molecule has 0 saturated heterocycles. The average molecular weight is 383 g/mol. The normalized spacial score (nSPS) is 19.1. The minimum atomic E-state index is -1.04. The fraction of sp³-hybridized carbons (Fsp3) is 0.500. The van der Waals surface area contributed by atoms with Crippen molar-refractivity contribution in [2.45, 2.75) is 52.1 Å². The molecule has 0 radical (unpaired) electrons. The zero-order chi connectivity index (χ0) is 20.0. The van der Waals surface area contributed by atoms with Crippen LogP contribution in [0.1, 0.15) is 46.1 Å². The van der Waals surface area contributed by atoms with Crippen LogP contribution in [-0.4, -0.2) is 44.5 Å². The first-order chi connectivity index (χ1) is 13.3. The topological polar surface area (TPSA) is 91.6 Å². The van der Waals surface area contributed by atoms with Gasteiger partial charge in [-0.25, -0.2) is 9.78 Å².